The van der Waals surface area contributed by atoms with E-state index in [4.69, 9.17) is 24.2 Å². The van der Waals surface area contributed by atoms with Crippen LogP contribution in [0.1, 0.15) is 63.8 Å². The number of likely N-dealkylation sites (tertiary alicyclic amines) is 1. The fraction of sp³-hybridized carbons (Fsp3) is 0.452. The molecule has 12 nitrogen and oxygen atoms in total. The Kier molecular flexibility index (Phi) is 12.1. The molecule has 284 valence electrons. The first-order valence-electron chi connectivity index (χ1n) is 18.8. The summed E-state index contributed by atoms with van der Waals surface area (Å²) in [6, 6.07) is 27.0. The van der Waals surface area contributed by atoms with Crippen LogP contribution in [0.2, 0.25) is 0 Å². The van der Waals surface area contributed by atoms with Gasteiger partial charge >= 0.3 is 18.2 Å². The fourth-order valence-electron chi connectivity index (χ4n) is 7.33. The Bertz CT molecular complexity index is 1960. The Labute approximate surface area is 318 Å². The molecule has 0 spiro atoms. The van der Waals surface area contributed by atoms with Gasteiger partial charge < -0.3 is 33.8 Å². The summed E-state index contributed by atoms with van der Waals surface area (Å²) < 4.78 is 16.4. The van der Waals surface area contributed by atoms with Gasteiger partial charge in [-0.1, -0.05) is 66.7 Å². The SMILES string of the molecule is CC1CCCN1C(=O)OC(C)(C)C.COc1nc2c(c(N3CCN(C(=O)OCc4ccccc4)C(CC#N)C3)n1)CCN(c1cccc3ccccc13)C2. The highest BCUT2D eigenvalue weighted by Gasteiger charge is 2.35. The third kappa shape index (κ3) is 9.13. The first-order valence-corrected chi connectivity index (χ1v) is 18.8. The number of hydrogen-bond acceptors (Lipinski definition) is 10. The summed E-state index contributed by atoms with van der Waals surface area (Å²) in [6.07, 6.45) is 2.61. The van der Waals surface area contributed by atoms with Crippen LogP contribution < -0.4 is 14.5 Å². The van der Waals surface area contributed by atoms with Crippen LogP contribution in [0.4, 0.5) is 21.1 Å². The van der Waals surface area contributed by atoms with Crippen LogP contribution in [0.5, 0.6) is 6.01 Å². The number of amides is 2. The normalized spacial score (nSPS) is 18.3. The standard InChI is InChI=1S/C32H32N6O3.C10H19NO2/c1-40-31-34-28-21-36(29-13-7-11-24-10-5-6-12-26(24)29)17-15-27(28)30(35-31)37-18-19-38(25(20-37)14-16-33)32(39)41-22-23-8-3-2-4-9-23;1-8-6-5-7-11(8)9(12)13-10(2,3)4/h2-13,25H,14-15,17-22H2,1H3;8H,5-7H2,1-4H3. The van der Waals surface area contributed by atoms with Gasteiger partial charge in [0.25, 0.3) is 0 Å². The van der Waals surface area contributed by atoms with E-state index in [1.807, 2.05) is 56.0 Å². The second-order valence-electron chi connectivity index (χ2n) is 15.0. The van der Waals surface area contributed by atoms with Crippen LogP contribution in [-0.4, -0.2) is 89.5 Å². The average Bonchev–Trinajstić information content (AvgIpc) is 3.62. The molecule has 12 heteroatoms. The molecular formula is C42H51N7O5. The molecule has 0 saturated carbocycles. The number of rotatable bonds is 6. The lowest BCUT2D eigenvalue weighted by molar-refractivity contribution is 0.0239. The Morgan fingerprint density at radius 2 is 1.65 bits per heavy atom. The summed E-state index contributed by atoms with van der Waals surface area (Å²) in [7, 11) is 1.58. The first kappa shape index (κ1) is 38.2. The molecule has 2 amide bonds. The van der Waals surface area contributed by atoms with Gasteiger partial charge in [-0.3, -0.25) is 0 Å². The molecule has 4 heterocycles. The first-order chi connectivity index (χ1) is 26.0. The highest BCUT2D eigenvalue weighted by molar-refractivity contribution is 5.94. The molecule has 3 aliphatic rings. The fourth-order valence-corrected chi connectivity index (χ4v) is 7.33. The largest absolute Gasteiger partial charge is 0.467 e. The number of hydrogen-bond donors (Lipinski definition) is 0. The summed E-state index contributed by atoms with van der Waals surface area (Å²) in [4.78, 5) is 42.1. The number of benzene rings is 3. The van der Waals surface area contributed by atoms with Gasteiger partial charge in [-0.2, -0.15) is 15.2 Å². The van der Waals surface area contributed by atoms with Gasteiger partial charge in [-0.15, -0.1) is 0 Å². The van der Waals surface area contributed by atoms with Crippen LogP contribution in [0.25, 0.3) is 10.8 Å². The molecule has 7 rings (SSSR count). The third-order valence-electron chi connectivity index (χ3n) is 10.0. The van der Waals surface area contributed by atoms with Crippen molar-refractivity contribution in [1.82, 2.24) is 19.8 Å². The number of methoxy groups -OCH3 is 1. The van der Waals surface area contributed by atoms with Crippen molar-refractivity contribution >= 4 is 34.5 Å². The van der Waals surface area contributed by atoms with Gasteiger partial charge in [0.2, 0.25) is 0 Å². The number of nitriles is 1. The summed E-state index contributed by atoms with van der Waals surface area (Å²) in [5.41, 5.74) is 3.77. The van der Waals surface area contributed by atoms with Gasteiger partial charge in [0.05, 0.1) is 37.9 Å². The topological polar surface area (TPSA) is 124 Å². The zero-order valence-electron chi connectivity index (χ0n) is 32.0. The van der Waals surface area contributed by atoms with Crippen LogP contribution in [0.3, 0.4) is 0 Å². The lowest BCUT2D eigenvalue weighted by atomic mass is 10.0. The third-order valence-corrected chi connectivity index (χ3v) is 10.0. The maximum absolute atomic E-state index is 13.0. The van der Waals surface area contributed by atoms with Crippen molar-refractivity contribution in [1.29, 1.82) is 5.26 Å². The second-order valence-corrected chi connectivity index (χ2v) is 15.0. The van der Waals surface area contributed by atoms with E-state index in [-0.39, 0.29) is 30.8 Å². The zero-order valence-corrected chi connectivity index (χ0v) is 32.0. The molecule has 0 N–H and O–H groups in total. The summed E-state index contributed by atoms with van der Waals surface area (Å²) >= 11 is 0. The van der Waals surface area contributed by atoms with E-state index in [2.05, 4.69) is 65.3 Å². The molecule has 3 aromatic carbocycles. The van der Waals surface area contributed by atoms with E-state index in [1.54, 1.807) is 12.0 Å². The minimum atomic E-state index is -0.401. The smallest absolute Gasteiger partial charge is 0.410 e. The zero-order chi connectivity index (χ0) is 38.2. The molecule has 0 radical (unpaired) electrons. The van der Waals surface area contributed by atoms with Crippen molar-refractivity contribution in [2.75, 3.05) is 49.6 Å². The van der Waals surface area contributed by atoms with Crippen molar-refractivity contribution in [2.45, 2.75) is 84.2 Å². The molecule has 54 heavy (non-hydrogen) atoms. The molecule has 2 saturated heterocycles. The molecule has 3 aliphatic heterocycles. The molecule has 1 aromatic heterocycles. The van der Waals surface area contributed by atoms with Crippen molar-refractivity contribution in [3.8, 4) is 12.1 Å². The van der Waals surface area contributed by atoms with Crippen LogP contribution in [0, 0.1) is 11.3 Å². The van der Waals surface area contributed by atoms with E-state index >= 15 is 0 Å². The maximum atomic E-state index is 13.0. The van der Waals surface area contributed by atoms with Gasteiger partial charge in [0.1, 0.15) is 18.0 Å². The predicted molar refractivity (Wildman–Crippen MR) is 208 cm³/mol. The molecule has 0 aliphatic carbocycles. The number of fused-ring (bicyclic) bond motifs is 2. The maximum Gasteiger partial charge on any atom is 0.410 e. The number of nitrogens with zero attached hydrogens (tertiary/aromatic N) is 7. The van der Waals surface area contributed by atoms with E-state index in [0.717, 1.165) is 55.0 Å². The monoisotopic (exact) mass is 733 g/mol. The average molecular weight is 734 g/mol. The molecule has 0 bridgehead atoms. The van der Waals surface area contributed by atoms with Crippen molar-refractivity contribution in [2.24, 2.45) is 0 Å². The van der Waals surface area contributed by atoms with Crippen molar-refractivity contribution < 1.29 is 23.8 Å². The summed E-state index contributed by atoms with van der Waals surface area (Å²) in [5, 5.41) is 12.0. The molecule has 4 aromatic rings. The minimum absolute atomic E-state index is 0.169. The van der Waals surface area contributed by atoms with E-state index in [9.17, 15) is 14.9 Å². The van der Waals surface area contributed by atoms with E-state index < -0.39 is 6.09 Å². The molecule has 2 fully saturated rings. The Morgan fingerprint density at radius 3 is 2.37 bits per heavy atom. The Balaban J connectivity index is 0.000000325. The summed E-state index contributed by atoms with van der Waals surface area (Å²) in [6.45, 7) is 11.7. The molecule has 2 unspecified atom stereocenters. The van der Waals surface area contributed by atoms with Crippen molar-refractivity contribution in [3.63, 3.8) is 0 Å². The second kappa shape index (κ2) is 17.1. The van der Waals surface area contributed by atoms with Gasteiger partial charge in [0.15, 0.2) is 0 Å². The highest BCUT2D eigenvalue weighted by atomic mass is 16.6. The predicted octanol–water partition coefficient (Wildman–Crippen LogP) is 7.35. The van der Waals surface area contributed by atoms with Gasteiger partial charge in [-0.05, 0) is 64.0 Å². The van der Waals surface area contributed by atoms with Gasteiger partial charge in [-0.25, -0.2) is 9.59 Å². The number of ether oxygens (including phenoxy) is 3. The lowest BCUT2D eigenvalue weighted by Gasteiger charge is -2.41. The van der Waals surface area contributed by atoms with E-state index in [1.165, 1.54) is 16.5 Å². The van der Waals surface area contributed by atoms with Crippen LogP contribution in [0.15, 0.2) is 72.8 Å². The molecule has 2 atom stereocenters. The van der Waals surface area contributed by atoms with Crippen molar-refractivity contribution in [3.05, 3.63) is 89.6 Å². The Morgan fingerprint density at radius 1 is 0.889 bits per heavy atom. The minimum Gasteiger partial charge on any atom is -0.467 e. The summed E-state index contributed by atoms with van der Waals surface area (Å²) in [5.74, 6) is 0.824. The van der Waals surface area contributed by atoms with Crippen LogP contribution in [-0.2, 0) is 29.0 Å². The number of piperazine rings is 1. The highest BCUT2D eigenvalue weighted by Crippen LogP contribution is 2.35. The Hall–Kier alpha value is -5.57. The van der Waals surface area contributed by atoms with E-state index in [0.29, 0.717) is 38.2 Å². The van der Waals surface area contributed by atoms with Gasteiger partial charge in [0, 0.05) is 55.4 Å². The number of anilines is 2. The van der Waals surface area contributed by atoms with Crippen LogP contribution >= 0.6 is 0 Å². The quantitative estimate of drug-likeness (QED) is 0.199. The number of aromatic nitrogens is 2. The lowest BCUT2D eigenvalue weighted by Crippen LogP contribution is -2.55. The molecular weight excluding hydrogens is 683 g/mol. The number of carbonyl (C=O) groups excluding carboxylic acids is 2. The number of carbonyl (C=O) groups is 2.